The average molecular weight is 2050 g/mol. The fraction of sp³-hybridized carbons (Fsp3) is 0.794. The van der Waals surface area contributed by atoms with Crippen molar-refractivity contribution in [3.63, 3.8) is 0 Å². The fourth-order valence-corrected chi connectivity index (χ4v) is 8.17. The Bertz CT molecular complexity index is 2920. The zero-order valence-electron chi connectivity index (χ0n) is 89.3. The third-order valence-electron chi connectivity index (χ3n) is 17.2. The standard InChI is InChI=1S/C8H16O3.C8H16O2.C7H14O3.2C7H14O2.C6H12O3.C6H12O2.2C6H10O2.C5H10O3.C5H8O3.C5H10O2.C5H8O2.C4H5F3O2.C4H5F3O.C4H8O2.C4H8O/c1-3-8(4-10-5-8)6-11-7-9-2;1-3-8(5-9-4-2)6-10-7-8;1-7(3-9-4-7)5-10-6-8-2;1-3-8-4-7(2)5-9-6-7;1-3-7(6-9-7)5-8-4-2;1-6(4-9-6)3-8-5-7-2;1-3-7-4-6(2)5-8-6;2*1-4-8-6(7)5(2)3;1-6-4-7-2-5-3-8-5;1-3-5(6)8-4-7-2;1-2-6-3-5-4-7-5;1-3-5(6)7-4-2;1-8-2-9-4(7)3(5)6;1-2-8-4(7)3(5)6;1-3-6-4-5-2;1-3-4-5-2/h3-7H2,1-2H3;3-7H2,1-2H3;3-6H2,1-2H3;2*3-6H2,1-2H3;3-5H2,1-2H3;3-5H2,1-2H3;2*2,4H2,1,3H3;5H,2-4H2,1H3;3H,1,4H2,2H3;5H,2-4H2,1H3;3H,1,4H2,2H3;2H2,1H3;2H2,1H3;3H,1,4H2,2H3;3H,1,4H2,2H3. The number of halogens is 6. The molecule has 9 saturated heterocycles. The number of carbonyl (C=O) groups excluding carboxylic acids is 4. The first-order valence-electron chi connectivity index (χ1n) is 45.9. The van der Waals surface area contributed by atoms with Crippen LogP contribution in [0.4, 0.5) is 26.3 Å². The molecule has 9 aliphatic heterocycles. The molecule has 0 N–H and O–H groups in total. The largest absolute Gasteiger partial charge is 0.476 e. The van der Waals surface area contributed by atoms with Crippen LogP contribution in [0, 0.1) is 21.7 Å². The van der Waals surface area contributed by atoms with E-state index in [2.05, 4.69) is 143 Å². The molecule has 43 heteroatoms. The molecule has 9 heterocycles. The van der Waals surface area contributed by atoms with Gasteiger partial charge in [-0.2, -0.15) is 26.3 Å². The van der Waals surface area contributed by atoms with Crippen LogP contribution in [-0.2, 0) is 175 Å². The highest BCUT2D eigenvalue weighted by atomic mass is 19.3. The first-order valence-corrected chi connectivity index (χ1v) is 45.9. The molecule has 5 atom stereocenters. The van der Waals surface area contributed by atoms with E-state index in [0.717, 1.165) is 190 Å². The Hall–Kier alpha value is -6.26. The zero-order chi connectivity index (χ0) is 108. The van der Waals surface area contributed by atoms with Crippen LogP contribution in [-0.4, -0.2) is 369 Å². The third-order valence-corrected chi connectivity index (χ3v) is 17.2. The van der Waals surface area contributed by atoms with Crippen molar-refractivity contribution in [2.75, 3.05) is 316 Å². The monoisotopic (exact) mass is 2050 g/mol. The molecule has 9 aliphatic rings. The van der Waals surface area contributed by atoms with E-state index in [1.54, 1.807) is 83.4 Å². The van der Waals surface area contributed by atoms with Crippen molar-refractivity contribution < 1.29 is 202 Å². The first-order chi connectivity index (χ1) is 66.6. The SMILES string of the molecule is C=C(C)C(=O)OCC.C=C(C)C(=O)OCC.C=CC(=O)OCC.C=CC(=O)OCOC.C=CCOC.C=COCOC.CCC1(COCOC)COC1.CCOC(F)=C(F)F.CCOCC1(C)CO1.CCOCC1(C)COC1.CCOCC1(CC)CO1.CCOCC1(CC)COC1.CCOCC1CO1.COCOC(F)=C(F)F.COCOCC1(C)CO1.COCOCC1(C)COC1.COCOCC1CO1. The molecule has 140 heavy (non-hydrogen) atoms. The van der Waals surface area contributed by atoms with Gasteiger partial charge in [-0.15, -0.1) is 6.58 Å². The van der Waals surface area contributed by atoms with E-state index in [4.69, 9.17) is 94.7 Å². The topological polar surface area (TPSA) is 389 Å². The van der Waals surface area contributed by atoms with Crippen LogP contribution < -0.4 is 0 Å². The zero-order valence-corrected chi connectivity index (χ0v) is 89.3. The van der Waals surface area contributed by atoms with Crippen molar-refractivity contribution in [1.29, 1.82) is 0 Å². The second-order valence-corrected chi connectivity index (χ2v) is 31.3. The van der Waals surface area contributed by atoms with Crippen molar-refractivity contribution in [3.05, 3.63) is 99.3 Å². The van der Waals surface area contributed by atoms with E-state index < -0.39 is 36.9 Å². The lowest BCUT2D eigenvalue weighted by Crippen LogP contribution is -2.45. The van der Waals surface area contributed by atoms with Gasteiger partial charge < -0.3 is 156 Å². The van der Waals surface area contributed by atoms with Gasteiger partial charge in [0.1, 0.15) is 56.2 Å². The molecule has 9 fully saturated rings. The lowest BCUT2D eigenvalue weighted by Gasteiger charge is -2.40. The number of hydrogen-bond acceptors (Lipinski definition) is 37. The summed E-state index contributed by atoms with van der Waals surface area (Å²) in [4.78, 5) is 41.1. The van der Waals surface area contributed by atoms with Crippen molar-refractivity contribution in [2.24, 2.45) is 21.7 Å². The second-order valence-electron chi connectivity index (χ2n) is 31.3. The molecule has 832 valence electrons. The Labute approximate surface area is 832 Å². The molecule has 0 saturated carbocycles. The normalized spacial score (nSPS) is 18.9. The molecule has 37 nitrogen and oxygen atoms in total. The minimum atomic E-state index is -2.48. The molecular formula is C97H180F6O37. The fourth-order valence-electron chi connectivity index (χ4n) is 8.17. The summed E-state index contributed by atoms with van der Waals surface area (Å²) < 4.78 is 226. The van der Waals surface area contributed by atoms with Crippen molar-refractivity contribution in [2.45, 2.75) is 173 Å². The van der Waals surface area contributed by atoms with Gasteiger partial charge in [0.2, 0.25) is 0 Å². The van der Waals surface area contributed by atoms with E-state index in [1.807, 2.05) is 41.5 Å². The molecule has 0 bridgehead atoms. The van der Waals surface area contributed by atoms with Gasteiger partial charge >= 0.3 is 48.1 Å². The molecule has 0 aromatic carbocycles. The number of ether oxygens (including phenoxy) is 33. The van der Waals surface area contributed by atoms with Gasteiger partial charge in [0, 0.05) is 135 Å². The number of esters is 4. The minimum Gasteiger partial charge on any atom is -0.476 e. The summed E-state index contributed by atoms with van der Waals surface area (Å²) in [6.45, 7) is 80.0. The van der Waals surface area contributed by atoms with Crippen molar-refractivity contribution in [3.8, 4) is 0 Å². The number of hydrogen-bond donors (Lipinski definition) is 0. The summed E-state index contributed by atoms with van der Waals surface area (Å²) in [6.07, 6.45) is 4.53. The molecule has 5 unspecified atom stereocenters. The van der Waals surface area contributed by atoms with Gasteiger partial charge in [-0.1, -0.05) is 73.6 Å². The Morgan fingerprint density at radius 2 is 0.657 bits per heavy atom. The molecule has 0 aromatic rings. The maximum atomic E-state index is 11.5. The summed E-state index contributed by atoms with van der Waals surface area (Å²) >= 11 is 0. The summed E-state index contributed by atoms with van der Waals surface area (Å²) in [5.41, 5.74) is 2.34. The Morgan fingerprint density at radius 1 is 0.343 bits per heavy atom. The van der Waals surface area contributed by atoms with E-state index in [0.29, 0.717) is 113 Å². The Kier molecular flexibility index (Phi) is 108. The molecule has 9 rings (SSSR count). The van der Waals surface area contributed by atoms with Crippen LogP contribution in [0.15, 0.2) is 99.3 Å². The Balaban J connectivity index is -0.000000221. The molecule has 0 aromatic heterocycles. The predicted molar refractivity (Wildman–Crippen MR) is 514 cm³/mol. The summed E-state index contributed by atoms with van der Waals surface area (Å²) in [5, 5.41) is 0. The van der Waals surface area contributed by atoms with Crippen LogP contribution >= 0.6 is 0 Å². The van der Waals surface area contributed by atoms with Gasteiger partial charge in [0.25, 0.3) is 0 Å². The van der Waals surface area contributed by atoms with E-state index in [9.17, 15) is 45.5 Å². The highest BCUT2D eigenvalue weighted by Gasteiger charge is 2.44. The van der Waals surface area contributed by atoms with Gasteiger partial charge in [0.05, 0.1) is 185 Å². The molecular weight excluding hydrogens is 1870 g/mol. The van der Waals surface area contributed by atoms with Gasteiger partial charge in [-0.05, 0) is 109 Å². The molecule has 0 amide bonds. The van der Waals surface area contributed by atoms with Crippen LogP contribution in [0.5, 0.6) is 0 Å². The highest BCUT2D eigenvalue weighted by molar-refractivity contribution is 5.87. The predicted octanol–water partition coefficient (Wildman–Crippen LogP) is 15.6. The quantitative estimate of drug-likeness (QED) is 0.00628. The van der Waals surface area contributed by atoms with Crippen molar-refractivity contribution in [1.82, 2.24) is 0 Å². The Morgan fingerprint density at radius 3 is 0.907 bits per heavy atom. The van der Waals surface area contributed by atoms with E-state index >= 15 is 0 Å². The first kappa shape index (κ1) is 149. The molecule has 0 radical (unpaired) electrons. The number of methoxy groups -OCH3 is 8. The lowest BCUT2D eigenvalue weighted by molar-refractivity contribution is -0.169. The molecule has 0 aliphatic carbocycles. The van der Waals surface area contributed by atoms with Gasteiger partial charge in [-0.3, -0.25) is 0 Å². The lowest BCUT2D eigenvalue weighted by atomic mass is 9.84. The summed E-state index contributed by atoms with van der Waals surface area (Å²) in [6, 6.07) is -3.68. The third kappa shape index (κ3) is 103. The average Bonchev–Trinajstić information content (AvgIpc) is 1.65. The van der Waals surface area contributed by atoms with Gasteiger partial charge in [-0.25, -0.2) is 19.2 Å². The maximum Gasteiger partial charge on any atom is 0.342 e. The number of carbonyl (C=O) groups is 4. The summed E-state index contributed by atoms with van der Waals surface area (Å²) in [7, 11) is 12.3. The highest BCUT2D eigenvalue weighted by Crippen LogP contribution is 2.34. The van der Waals surface area contributed by atoms with E-state index in [1.165, 1.54) is 33.8 Å². The minimum absolute atomic E-state index is 0.00146. The van der Waals surface area contributed by atoms with Crippen LogP contribution in [0.25, 0.3) is 0 Å². The molecule has 0 spiro atoms. The van der Waals surface area contributed by atoms with Crippen molar-refractivity contribution >= 4 is 23.9 Å². The maximum absolute atomic E-state index is 11.5. The number of epoxide rings is 5. The van der Waals surface area contributed by atoms with Crippen LogP contribution in [0.3, 0.4) is 0 Å². The summed E-state index contributed by atoms with van der Waals surface area (Å²) in [5.74, 6) is -1.45. The van der Waals surface area contributed by atoms with Gasteiger partial charge in [0.15, 0.2) is 20.4 Å². The van der Waals surface area contributed by atoms with E-state index in [-0.39, 0.29) is 53.5 Å². The number of rotatable bonds is 53. The second kappa shape index (κ2) is 101. The smallest absolute Gasteiger partial charge is 0.342 e. The van der Waals surface area contributed by atoms with Crippen LogP contribution in [0.1, 0.15) is 144 Å². The van der Waals surface area contributed by atoms with Crippen LogP contribution in [0.2, 0.25) is 0 Å².